The van der Waals surface area contributed by atoms with E-state index in [1.54, 1.807) is 0 Å². The number of anilines is 1. The standard InChI is InChI=1S/C17H12F4N4O2/c1-27-15-8-14(17(19,20)21)24-25(15)11-4-2-10(3-5-11)23-16(26)12-6-7-22-9-13(12)18/h2-9H,1H3,(H,23,26). The van der Waals surface area contributed by atoms with Crippen LogP contribution in [0.15, 0.2) is 48.8 Å². The van der Waals surface area contributed by atoms with Crippen LogP contribution in [0.4, 0.5) is 23.2 Å². The van der Waals surface area contributed by atoms with Gasteiger partial charge in [-0.05, 0) is 30.3 Å². The van der Waals surface area contributed by atoms with Gasteiger partial charge in [0.25, 0.3) is 5.91 Å². The Morgan fingerprint density at radius 1 is 1.19 bits per heavy atom. The lowest BCUT2D eigenvalue weighted by Gasteiger charge is -2.09. The Kier molecular flexibility index (Phi) is 4.80. The molecule has 0 aliphatic rings. The van der Waals surface area contributed by atoms with Crippen molar-refractivity contribution in [3.63, 3.8) is 0 Å². The Hall–Kier alpha value is -3.43. The fourth-order valence-corrected chi connectivity index (χ4v) is 2.28. The quantitative estimate of drug-likeness (QED) is 0.701. The van der Waals surface area contributed by atoms with Gasteiger partial charge >= 0.3 is 6.18 Å². The number of aromatic nitrogens is 3. The first-order valence-corrected chi connectivity index (χ1v) is 7.52. The van der Waals surface area contributed by atoms with E-state index in [4.69, 9.17) is 4.74 Å². The number of alkyl halides is 3. The third kappa shape index (κ3) is 3.89. The molecule has 0 atom stereocenters. The van der Waals surface area contributed by atoms with E-state index in [9.17, 15) is 22.4 Å². The number of pyridine rings is 1. The highest BCUT2D eigenvalue weighted by molar-refractivity contribution is 6.04. The molecule has 0 aliphatic carbocycles. The number of carbonyl (C=O) groups excluding carboxylic acids is 1. The zero-order valence-corrected chi connectivity index (χ0v) is 13.8. The number of benzene rings is 1. The molecule has 2 heterocycles. The Labute approximate surface area is 150 Å². The predicted octanol–water partition coefficient (Wildman–Crippen LogP) is 3.69. The van der Waals surface area contributed by atoms with Crippen molar-refractivity contribution in [2.24, 2.45) is 0 Å². The summed E-state index contributed by atoms with van der Waals surface area (Å²) in [6, 6.07) is 7.78. The molecule has 140 valence electrons. The van der Waals surface area contributed by atoms with Crippen molar-refractivity contribution < 1.29 is 27.1 Å². The molecule has 27 heavy (non-hydrogen) atoms. The van der Waals surface area contributed by atoms with Crippen molar-refractivity contribution in [2.75, 3.05) is 12.4 Å². The van der Waals surface area contributed by atoms with Crippen molar-refractivity contribution in [1.29, 1.82) is 0 Å². The number of nitrogens with zero attached hydrogens (tertiary/aromatic N) is 3. The van der Waals surface area contributed by atoms with Crippen LogP contribution in [-0.4, -0.2) is 27.8 Å². The highest BCUT2D eigenvalue weighted by Gasteiger charge is 2.35. The van der Waals surface area contributed by atoms with Gasteiger partial charge in [-0.1, -0.05) is 0 Å². The van der Waals surface area contributed by atoms with E-state index < -0.39 is 23.6 Å². The molecule has 0 saturated heterocycles. The van der Waals surface area contributed by atoms with Gasteiger partial charge in [-0.15, -0.1) is 0 Å². The van der Waals surface area contributed by atoms with E-state index in [-0.39, 0.29) is 17.1 Å². The van der Waals surface area contributed by atoms with Gasteiger partial charge in [0, 0.05) is 18.0 Å². The summed E-state index contributed by atoms with van der Waals surface area (Å²) in [5.41, 5.74) is -0.667. The van der Waals surface area contributed by atoms with Crippen molar-refractivity contribution >= 4 is 11.6 Å². The molecule has 10 heteroatoms. The summed E-state index contributed by atoms with van der Waals surface area (Å²) in [6.45, 7) is 0. The van der Waals surface area contributed by atoms with Crippen LogP contribution in [0.2, 0.25) is 0 Å². The van der Waals surface area contributed by atoms with Crippen LogP contribution in [0.3, 0.4) is 0 Å². The van der Waals surface area contributed by atoms with Gasteiger partial charge in [-0.2, -0.15) is 18.3 Å². The molecule has 0 unspecified atom stereocenters. The molecular weight excluding hydrogens is 368 g/mol. The maximum absolute atomic E-state index is 13.6. The molecule has 3 aromatic rings. The molecule has 0 aliphatic heterocycles. The van der Waals surface area contributed by atoms with Gasteiger partial charge in [0.15, 0.2) is 11.5 Å². The molecule has 0 saturated carbocycles. The SMILES string of the molecule is COc1cc(C(F)(F)F)nn1-c1ccc(NC(=O)c2ccncc2F)cc1. The summed E-state index contributed by atoms with van der Waals surface area (Å²) >= 11 is 0. The Balaban J connectivity index is 1.83. The number of halogens is 4. The average Bonchev–Trinajstić information content (AvgIpc) is 3.07. The fourth-order valence-electron chi connectivity index (χ4n) is 2.28. The average molecular weight is 380 g/mol. The third-order valence-electron chi connectivity index (χ3n) is 3.56. The first-order chi connectivity index (χ1) is 12.8. The van der Waals surface area contributed by atoms with Crippen LogP contribution in [-0.2, 0) is 6.18 Å². The molecule has 0 spiro atoms. The minimum atomic E-state index is -4.61. The summed E-state index contributed by atoms with van der Waals surface area (Å²) in [4.78, 5) is 15.6. The molecule has 1 amide bonds. The number of hydrogen-bond donors (Lipinski definition) is 1. The Bertz CT molecular complexity index is 968. The smallest absolute Gasteiger partial charge is 0.435 e. The molecule has 1 N–H and O–H groups in total. The minimum absolute atomic E-state index is 0.0991. The number of carbonyl (C=O) groups is 1. The number of methoxy groups -OCH3 is 1. The summed E-state index contributed by atoms with van der Waals surface area (Å²) in [5.74, 6) is -1.55. The van der Waals surface area contributed by atoms with Gasteiger partial charge < -0.3 is 10.1 Å². The van der Waals surface area contributed by atoms with Crippen LogP contribution in [0, 0.1) is 5.82 Å². The van der Waals surface area contributed by atoms with Crippen LogP contribution in [0.1, 0.15) is 16.1 Å². The summed E-state index contributed by atoms with van der Waals surface area (Å²) in [6.07, 6.45) is -2.41. The van der Waals surface area contributed by atoms with Gasteiger partial charge in [-0.25, -0.2) is 9.07 Å². The normalized spacial score (nSPS) is 11.3. The summed E-state index contributed by atoms with van der Waals surface area (Å²) < 4.78 is 57.9. The van der Waals surface area contributed by atoms with Crippen LogP contribution >= 0.6 is 0 Å². The fraction of sp³-hybridized carbons (Fsp3) is 0.118. The van der Waals surface area contributed by atoms with Gasteiger partial charge in [0.1, 0.15) is 0 Å². The van der Waals surface area contributed by atoms with E-state index >= 15 is 0 Å². The lowest BCUT2D eigenvalue weighted by atomic mass is 10.2. The second-order valence-electron chi connectivity index (χ2n) is 5.34. The molecule has 0 bridgehead atoms. The molecular formula is C17H12F4N4O2. The highest BCUT2D eigenvalue weighted by Crippen LogP contribution is 2.32. The monoisotopic (exact) mass is 380 g/mol. The highest BCUT2D eigenvalue weighted by atomic mass is 19.4. The molecule has 2 aromatic heterocycles. The topological polar surface area (TPSA) is 69.0 Å². The van der Waals surface area contributed by atoms with Crippen LogP contribution in [0.25, 0.3) is 5.69 Å². The maximum Gasteiger partial charge on any atom is 0.435 e. The van der Waals surface area contributed by atoms with E-state index in [0.717, 1.165) is 16.9 Å². The van der Waals surface area contributed by atoms with Gasteiger partial charge in [0.05, 0.1) is 24.6 Å². The van der Waals surface area contributed by atoms with Crippen LogP contribution in [0.5, 0.6) is 5.88 Å². The molecule has 6 nitrogen and oxygen atoms in total. The number of nitrogens with one attached hydrogen (secondary N) is 1. The van der Waals surface area contributed by atoms with Crippen molar-refractivity contribution in [3.05, 3.63) is 65.9 Å². The number of rotatable bonds is 4. The first kappa shape index (κ1) is 18.4. The van der Waals surface area contributed by atoms with Crippen molar-refractivity contribution in [2.45, 2.75) is 6.18 Å². The lowest BCUT2D eigenvalue weighted by molar-refractivity contribution is -0.141. The van der Waals surface area contributed by atoms with E-state index in [2.05, 4.69) is 15.4 Å². The number of hydrogen-bond acceptors (Lipinski definition) is 4. The summed E-state index contributed by atoms with van der Waals surface area (Å²) in [7, 11) is 1.23. The molecule has 1 aromatic carbocycles. The predicted molar refractivity (Wildman–Crippen MR) is 87.3 cm³/mol. The van der Waals surface area contributed by atoms with Crippen molar-refractivity contribution in [1.82, 2.24) is 14.8 Å². The molecule has 0 radical (unpaired) electrons. The van der Waals surface area contributed by atoms with E-state index in [1.165, 1.54) is 43.6 Å². The largest absolute Gasteiger partial charge is 0.481 e. The first-order valence-electron chi connectivity index (χ1n) is 7.52. The summed E-state index contributed by atoms with van der Waals surface area (Å²) in [5, 5.41) is 5.98. The Morgan fingerprint density at radius 2 is 1.89 bits per heavy atom. The van der Waals surface area contributed by atoms with Crippen LogP contribution < -0.4 is 10.1 Å². The number of ether oxygens (including phenoxy) is 1. The van der Waals surface area contributed by atoms with Gasteiger partial charge in [-0.3, -0.25) is 9.78 Å². The third-order valence-corrected chi connectivity index (χ3v) is 3.56. The zero-order valence-electron chi connectivity index (χ0n) is 13.8. The molecule has 3 rings (SSSR count). The second kappa shape index (κ2) is 7.06. The maximum atomic E-state index is 13.6. The minimum Gasteiger partial charge on any atom is -0.481 e. The van der Waals surface area contributed by atoms with E-state index in [1.807, 2.05) is 0 Å². The van der Waals surface area contributed by atoms with Crippen molar-refractivity contribution in [3.8, 4) is 11.6 Å². The van der Waals surface area contributed by atoms with E-state index in [0.29, 0.717) is 5.69 Å². The second-order valence-corrected chi connectivity index (χ2v) is 5.34. The molecule has 0 fully saturated rings. The number of amides is 1. The Morgan fingerprint density at radius 3 is 2.48 bits per heavy atom. The lowest BCUT2D eigenvalue weighted by Crippen LogP contribution is -2.14. The zero-order chi connectivity index (χ0) is 19.6. The van der Waals surface area contributed by atoms with Gasteiger partial charge in [0.2, 0.25) is 5.88 Å².